The maximum absolute atomic E-state index is 12.1. The van der Waals surface area contributed by atoms with Crippen molar-refractivity contribution in [2.45, 2.75) is 20.3 Å². The number of methoxy groups -OCH3 is 1. The Morgan fingerprint density at radius 1 is 1.37 bits per heavy atom. The molecule has 0 aromatic heterocycles. The monoisotopic (exact) mass is 261 g/mol. The molecule has 1 N–H and O–H groups in total. The van der Waals surface area contributed by atoms with Crippen molar-refractivity contribution < 1.29 is 14.7 Å². The molecular weight excluding hydrogens is 242 g/mol. The van der Waals surface area contributed by atoms with E-state index in [1.54, 1.807) is 50.5 Å². The van der Waals surface area contributed by atoms with Gasteiger partial charge in [0.05, 0.1) is 12.8 Å². The number of hydrogen-bond acceptors (Lipinski definition) is 3. The lowest BCUT2D eigenvalue weighted by molar-refractivity contribution is -0.0277. The van der Waals surface area contributed by atoms with Gasteiger partial charge < -0.3 is 4.74 Å². The van der Waals surface area contributed by atoms with Crippen LogP contribution in [-0.2, 0) is 0 Å². The summed E-state index contributed by atoms with van der Waals surface area (Å²) in [4.78, 5) is 12.1. The predicted molar refractivity (Wildman–Crippen MR) is 74.1 cm³/mol. The molecule has 19 heavy (non-hydrogen) atoms. The third kappa shape index (κ3) is 3.96. The van der Waals surface area contributed by atoms with Crippen LogP contribution in [-0.4, -0.2) is 23.3 Å². The van der Waals surface area contributed by atoms with Crippen LogP contribution in [0.15, 0.2) is 48.2 Å². The Morgan fingerprint density at radius 2 is 2.00 bits per heavy atom. The molecule has 102 valence electrons. The molecule has 4 heteroatoms. The topological polar surface area (TPSA) is 49.8 Å². The molecular formula is C15H19NO3. The smallest absolute Gasteiger partial charge is 0.281 e. The Labute approximate surface area is 113 Å². The van der Waals surface area contributed by atoms with Gasteiger partial charge in [-0.05, 0) is 43.7 Å². The van der Waals surface area contributed by atoms with Crippen molar-refractivity contribution in [2.75, 3.05) is 7.11 Å². The lowest BCUT2D eigenvalue weighted by Crippen LogP contribution is -2.26. The largest absolute Gasteiger partial charge is 0.497 e. The second kappa shape index (κ2) is 7.38. The standard InChI is InChI=1S/C15H19NO3/c1-4-6-7-13(5-2)16(18)15(17)12-8-10-14(19-3)11-9-12/h5-11,18H,4H2,1-3H3/b7-6-,13-5+. The first-order valence-electron chi connectivity index (χ1n) is 6.14. The van der Waals surface area contributed by atoms with Crippen LogP contribution in [0.25, 0.3) is 0 Å². The molecule has 0 radical (unpaired) electrons. The molecule has 0 aliphatic rings. The van der Waals surface area contributed by atoms with E-state index in [4.69, 9.17) is 4.74 Å². The number of hydroxylamine groups is 2. The number of carbonyl (C=O) groups is 1. The SMILES string of the molecule is C/C=C(\C=C/CC)N(O)C(=O)c1ccc(OC)cc1. The number of rotatable bonds is 5. The molecule has 0 aliphatic heterocycles. The third-order valence-electron chi connectivity index (χ3n) is 2.59. The van der Waals surface area contributed by atoms with Crippen LogP contribution in [0.4, 0.5) is 0 Å². The Bertz CT molecular complexity index is 475. The number of hydrogen-bond donors (Lipinski definition) is 1. The number of amides is 1. The van der Waals surface area contributed by atoms with E-state index >= 15 is 0 Å². The van der Waals surface area contributed by atoms with Gasteiger partial charge in [0.2, 0.25) is 0 Å². The zero-order valence-corrected chi connectivity index (χ0v) is 11.5. The van der Waals surface area contributed by atoms with Crippen molar-refractivity contribution >= 4 is 5.91 Å². The number of nitrogens with zero attached hydrogens (tertiary/aromatic N) is 1. The van der Waals surface area contributed by atoms with Gasteiger partial charge in [0, 0.05) is 5.56 Å². The average Bonchev–Trinajstić information content (AvgIpc) is 2.47. The lowest BCUT2D eigenvalue weighted by atomic mass is 10.2. The van der Waals surface area contributed by atoms with Crippen LogP contribution in [0.3, 0.4) is 0 Å². The molecule has 1 rings (SSSR count). The highest BCUT2D eigenvalue weighted by atomic mass is 16.5. The van der Waals surface area contributed by atoms with E-state index in [2.05, 4.69) is 0 Å². The van der Waals surface area contributed by atoms with Crippen LogP contribution in [0.5, 0.6) is 5.75 Å². The predicted octanol–water partition coefficient (Wildman–Crippen LogP) is 3.40. The summed E-state index contributed by atoms with van der Waals surface area (Å²) in [5, 5.41) is 10.6. The van der Waals surface area contributed by atoms with E-state index in [-0.39, 0.29) is 0 Å². The summed E-state index contributed by atoms with van der Waals surface area (Å²) in [5.74, 6) is 0.190. The molecule has 0 saturated heterocycles. The Hall–Kier alpha value is -2.07. The van der Waals surface area contributed by atoms with Gasteiger partial charge in [-0.25, -0.2) is 0 Å². The molecule has 0 spiro atoms. The van der Waals surface area contributed by atoms with E-state index in [1.165, 1.54) is 0 Å². The fraction of sp³-hybridized carbons (Fsp3) is 0.267. The van der Waals surface area contributed by atoms with Crippen molar-refractivity contribution in [1.29, 1.82) is 0 Å². The van der Waals surface area contributed by atoms with Gasteiger partial charge in [-0.15, -0.1) is 0 Å². The first-order valence-corrected chi connectivity index (χ1v) is 6.14. The zero-order valence-electron chi connectivity index (χ0n) is 11.5. The highest BCUT2D eigenvalue weighted by Gasteiger charge is 2.15. The second-order valence-corrected chi connectivity index (χ2v) is 3.87. The van der Waals surface area contributed by atoms with Crippen molar-refractivity contribution in [1.82, 2.24) is 5.06 Å². The maximum Gasteiger partial charge on any atom is 0.281 e. The van der Waals surface area contributed by atoms with Crippen LogP contribution in [0.2, 0.25) is 0 Å². The lowest BCUT2D eigenvalue weighted by Gasteiger charge is -2.16. The average molecular weight is 261 g/mol. The van der Waals surface area contributed by atoms with E-state index in [0.29, 0.717) is 22.1 Å². The summed E-state index contributed by atoms with van der Waals surface area (Å²) in [6.45, 7) is 3.75. The molecule has 1 aromatic rings. The van der Waals surface area contributed by atoms with E-state index in [0.717, 1.165) is 6.42 Å². The summed E-state index contributed by atoms with van der Waals surface area (Å²) < 4.78 is 5.02. The van der Waals surface area contributed by atoms with Gasteiger partial charge in [0.15, 0.2) is 0 Å². The minimum absolute atomic E-state index is 0.396. The number of benzene rings is 1. The molecule has 0 fully saturated rings. The molecule has 0 atom stereocenters. The summed E-state index contributed by atoms with van der Waals surface area (Å²) >= 11 is 0. The molecule has 4 nitrogen and oxygen atoms in total. The minimum atomic E-state index is -0.475. The van der Waals surface area contributed by atoms with Gasteiger partial charge in [-0.2, -0.15) is 5.06 Å². The molecule has 0 heterocycles. The van der Waals surface area contributed by atoms with Gasteiger partial charge >= 0.3 is 0 Å². The minimum Gasteiger partial charge on any atom is -0.497 e. The molecule has 0 bridgehead atoms. The highest BCUT2D eigenvalue weighted by Crippen LogP contribution is 2.15. The highest BCUT2D eigenvalue weighted by molar-refractivity contribution is 5.94. The van der Waals surface area contributed by atoms with Crippen molar-refractivity contribution in [3.05, 3.63) is 53.8 Å². The van der Waals surface area contributed by atoms with Crippen molar-refractivity contribution in [3.63, 3.8) is 0 Å². The van der Waals surface area contributed by atoms with Crippen LogP contribution < -0.4 is 4.74 Å². The van der Waals surface area contributed by atoms with Crippen molar-refractivity contribution in [2.24, 2.45) is 0 Å². The molecule has 0 saturated carbocycles. The maximum atomic E-state index is 12.1. The Balaban J connectivity index is 2.88. The fourth-order valence-corrected chi connectivity index (χ4v) is 1.50. The molecule has 1 amide bonds. The number of ether oxygens (including phenoxy) is 1. The van der Waals surface area contributed by atoms with Gasteiger partial charge in [0.25, 0.3) is 5.91 Å². The molecule has 0 unspecified atom stereocenters. The van der Waals surface area contributed by atoms with Gasteiger partial charge in [0.1, 0.15) is 5.75 Å². The van der Waals surface area contributed by atoms with E-state index in [1.807, 2.05) is 13.0 Å². The summed E-state index contributed by atoms with van der Waals surface area (Å²) in [6, 6.07) is 6.58. The van der Waals surface area contributed by atoms with Crippen LogP contribution >= 0.6 is 0 Å². The van der Waals surface area contributed by atoms with Gasteiger partial charge in [-0.3, -0.25) is 10.0 Å². The molecule has 1 aromatic carbocycles. The summed E-state index contributed by atoms with van der Waals surface area (Å²) in [7, 11) is 1.56. The quantitative estimate of drug-likeness (QED) is 0.502. The van der Waals surface area contributed by atoms with E-state index in [9.17, 15) is 10.0 Å². The number of carbonyl (C=O) groups excluding carboxylic acids is 1. The van der Waals surface area contributed by atoms with E-state index < -0.39 is 5.91 Å². The first-order chi connectivity index (χ1) is 9.13. The van der Waals surface area contributed by atoms with Crippen LogP contribution in [0.1, 0.15) is 30.6 Å². The Kier molecular flexibility index (Phi) is 5.82. The summed E-state index contributed by atoms with van der Waals surface area (Å²) in [5.41, 5.74) is 0.843. The van der Waals surface area contributed by atoms with Crippen LogP contribution in [0, 0.1) is 0 Å². The zero-order chi connectivity index (χ0) is 14.3. The second-order valence-electron chi connectivity index (χ2n) is 3.87. The van der Waals surface area contributed by atoms with Crippen molar-refractivity contribution in [3.8, 4) is 5.75 Å². The normalized spacial score (nSPS) is 11.7. The first kappa shape index (κ1) is 15.0. The third-order valence-corrected chi connectivity index (χ3v) is 2.59. The summed E-state index contributed by atoms with van der Waals surface area (Å²) in [6.07, 6.45) is 6.09. The molecule has 0 aliphatic carbocycles. The number of allylic oxidation sites excluding steroid dienone is 3. The Morgan fingerprint density at radius 3 is 2.47 bits per heavy atom. The van der Waals surface area contributed by atoms with Gasteiger partial charge in [-0.1, -0.05) is 19.1 Å². The fourth-order valence-electron chi connectivity index (χ4n) is 1.50.